The first kappa shape index (κ1) is 32.6. The smallest absolute Gasteiger partial charge is 0.179 e. The van der Waals surface area contributed by atoms with Crippen molar-refractivity contribution in [1.29, 1.82) is 0 Å². The molecule has 0 aliphatic heterocycles. The topological polar surface area (TPSA) is 38.7 Å². The van der Waals surface area contributed by atoms with Crippen molar-refractivity contribution in [2.24, 2.45) is 0 Å². The second-order valence-corrected chi connectivity index (χ2v) is 17.8. The average Bonchev–Trinajstić information content (AvgIpc) is 3.27. The molecule has 0 unspecified atom stereocenters. The van der Waals surface area contributed by atoms with Gasteiger partial charge in [-0.25, -0.2) is 4.98 Å². The first-order chi connectivity index (χ1) is 27.3. The highest BCUT2D eigenvalue weighted by atomic mass is 28.3. The molecule has 0 spiro atoms. The van der Waals surface area contributed by atoms with Crippen molar-refractivity contribution in [2.75, 3.05) is 0 Å². The summed E-state index contributed by atoms with van der Waals surface area (Å²) in [5.74, 6) is 0. The molecule has 3 nitrogen and oxygen atoms in total. The second-order valence-electron chi connectivity index (χ2n) is 13.9. The van der Waals surface area contributed by atoms with Gasteiger partial charge in [-0.15, -0.1) is 0 Å². The second kappa shape index (κ2) is 13.8. The summed E-state index contributed by atoms with van der Waals surface area (Å²) in [5.41, 5.74) is 9.09. The minimum Gasteiger partial charge on any atom is -0.256 e. The van der Waals surface area contributed by atoms with E-state index < -0.39 is 8.07 Å². The van der Waals surface area contributed by atoms with Gasteiger partial charge in [0.15, 0.2) is 8.07 Å². The number of aromatic nitrogens is 3. The molecule has 10 rings (SSSR count). The Morgan fingerprint density at radius 3 is 1.55 bits per heavy atom. The number of hydrogen-bond donors (Lipinski definition) is 0. The lowest BCUT2D eigenvalue weighted by atomic mass is 9.94. The Morgan fingerprint density at radius 2 is 0.873 bits per heavy atom. The third-order valence-corrected chi connectivity index (χ3v) is 15.7. The molecule has 0 saturated carbocycles. The van der Waals surface area contributed by atoms with Crippen LogP contribution in [0.1, 0.15) is 0 Å². The molecule has 0 radical (unpaired) electrons. The molecule has 7 aromatic carbocycles. The van der Waals surface area contributed by atoms with Gasteiger partial charge in [0.25, 0.3) is 0 Å². The first-order valence-corrected chi connectivity index (χ1v) is 20.7. The fourth-order valence-corrected chi connectivity index (χ4v) is 13.2. The summed E-state index contributed by atoms with van der Waals surface area (Å²) in [4.78, 5) is 15.3. The zero-order valence-electron chi connectivity index (χ0n) is 30.0. The molecule has 55 heavy (non-hydrogen) atoms. The lowest BCUT2D eigenvalue weighted by Gasteiger charge is -2.34. The van der Waals surface area contributed by atoms with Crippen LogP contribution in [0.3, 0.4) is 0 Å². The average molecular weight is 718 g/mol. The van der Waals surface area contributed by atoms with Crippen LogP contribution in [0.4, 0.5) is 0 Å². The van der Waals surface area contributed by atoms with E-state index in [1.54, 1.807) is 0 Å². The Hall–Kier alpha value is -7.01. The first-order valence-electron chi connectivity index (χ1n) is 18.7. The Balaban J connectivity index is 1.28. The fourth-order valence-electron chi connectivity index (χ4n) is 8.44. The van der Waals surface area contributed by atoms with Crippen molar-refractivity contribution in [3.63, 3.8) is 0 Å². The molecule has 0 saturated heterocycles. The number of pyridine rings is 3. The van der Waals surface area contributed by atoms with Gasteiger partial charge < -0.3 is 0 Å². The van der Waals surface area contributed by atoms with Gasteiger partial charge in [0.2, 0.25) is 0 Å². The van der Waals surface area contributed by atoms with E-state index in [2.05, 4.69) is 194 Å². The molecule has 3 heterocycles. The summed E-state index contributed by atoms with van der Waals surface area (Å²) in [6.07, 6.45) is 3.78. The number of fused-ring (bicyclic) bond motifs is 4. The molecule has 0 aliphatic rings. The summed E-state index contributed by atoms with van der Waals surface area (Å²) in [6.45, 7) is 0. The van der Waals surface area contributed by atoms with Crippen LogP contribution in [0.5, 0.6) is 0 Å². The monoisotopic (exact) mass is 717 g/mol. The molecular weight excluding hydrogens is 683 g/mol. The van der Waals surface area contributed by atoms with Crippen molar-refractivity contribution >= 4 is 61.5 Å². The zero-order valence-corrected chi connectivity index (χ0v) is 31.0. The number of nitrogens with zero attached hydrogens (tertiary/aromatic N) is 3. The summed E-state index contributed by atoms with van der Waals surface area (Å²) in [6, 6.07) is 72.4. The molecule has 0 atom stereocenters. The van der Waals surface area contributed by atoms with E-state index in [9.17, 15) is 0 Å². The quantitative estimate of drug-likeness (QED) is 0.0937. The van der Waals surface area contributed by atoms with Crippen molar-refractivity contribution in [3.05, 3.63) is 213 Å². The summed E-state index contributed by atoms with van der Waals surface area (Å²) in [5, 5.41) is 8.56. The maximum atomic E-state index is 5.46. The van der Waals surface area contributed by atoms with Gasteiger partial charge in [0, 0.05) is 34.1 Å². The van der Waals surface area contributed by atoms with Crippen LogP contribution in [0, 0.1) is 0 Å². The lowest BCUT2D eigenvalue weighted by molar-refractivity contribution is 1.36. The number of rotatable bonds is 7. The van der Waals surface area contributed by atoms with Crippen molar-refractivity contribution < 1.29 is 0 Å². The van der Waals surface area contributed by atoms with E-state index >= 15 is 0 Å². The molecule has 0 aliphatic carbocycles. The van der Waals surface area contributed by atoms with E-state index in [0.29, 0.717) is 0 Å². The summed E-state index contributed by atoms with van der Waals surface area (Å²) < 4.78 is 0. The number of para-hydroxylation sites is 1. The van der Waals surface area contributed by atoms with Crippen LogP contribution < -0.4 is 20.7 Å². The van der Waals surface area contributed by atoms with Crippen LogP contribution in [0.15, 0.2) is 213 Å². The van der Waals surface area contributed by atoms with E-state index in [0.717, 1.165) is 66.2 Å². The summed E-state index contributed by atoms with van der Waals surface area (Å²) in [7, 11) is -2.77. The largest absolute Gasteiger partial charge is 0.256 e. The maximum Gasteiger partial charge on any atom is 0.179 e. The van der Waals surface area contributed by atoms with Crippen LogP contribution in [0.25, 0.3) is 66.2 Å². The number of benzene rings is 7. The predicted octanol–water partition coefficient (Wildman–Crippen LogP) is 9.71. The van der Waals surface area contributed by atoms with E-state index in [1.807, 2.05) is 18.5 Å². The SMILES string of the molecule is c1ccc(-c2ccnc3c2ccc2c(-c4cccc([Si](c5ccccc5)(c5ccccc5)c5ccccc5)c4)cc(-c4cccc5cccnc45)nc23)cc1. The van der Waals surface area contributed by atoms with E-state index in [-0.39, 0.29) is 0 Å². The van der Waals surface area contributed by atoms with Gasteiger partial charge >= 0.3 is 0 Å². The molecule has 0 amide bonds. The fraction of sp³-hybridized carbons (Fsp3) is 0. The highest BCUT2D eigenvalue weighted by Gasteiger charge is 2.41. The molecule has 0 fully saturated rings. The van der Waals surface area contributed by atoms with Crippen LogP contribution in [-0.2, 0) is 0 Å². The minimum atomic E-state index is -2.77. The highest BCUT2D eigenvalue weighted by molar-refractivity contribution is 7.19. The highest BCUT2D eigenvalue weighted by Crippen LogP contribution is 2.38. The maximum absolute atomic E-state index is 5.46. The third-order valence-electron chi connectivity index (χ3n) is 10.9. The molecule has 0 N–H and O–H groups in total. The van der Waals surface area contributed by atoms with Gasteiger partial charge in [0.05, 0.1) is 22.2 Å². The molecule has 10 aromatic rings. The number of hydrogen-bond acceptors (Lipinski definition) is 3. The van der Waals surface area contributed by atoms with Gasteiger partial charge in [-0.1, -0.05) is 182 Å². The van der Waals surface area contributed by atoms with Crippen molar-refractivity contribution in [2.45, 2.75) is 0 Å². The van der Waals surface area contributed by atoms with Gasteiger partial charge in [0.1, 0.15) is 0 Å². The normalized spacial score (nSPS) is 11.6. The van der Waals surface area contributed by atoms with E-state index in [1.165, 1.54) is 20.7 Å². The van der Waals surface area contributed by atoms with Crippen LogP contribution in [-0.4, -0.2) is 23.0 Å². The predicted molar refractivity (Wildman–Crippen MR) is 232 cm³/mol. The Morgan fingerprint density at radius 1 is 0.327 bits per heavy atom. The Kier molecular flexibility index (Phi) is 8.16. The van der Waals surface area contributed by atoms with Gasteiger partial charge in [-0.3, -0.25) is 9.97 Å². The third kappa shape index (κ3) is 5.54. The van der Waals surface area contributed by atoms with E-state index in [4.69, 9.17) is 15.0 Å². The standard InChI is InChI=1S/C51H35N3Si/c1-5-16-36(17-6-1)43-31-33-53-50-44(43)29-30-45-47(35-48(54-51(45)50)46-28-14-18-37-20-15-32-52-49(37)46)38-19-13-27-42(34-38)55(39-21-7-2-8-22-39,40-23-9-3-10-24-40)41-25-11-4-12-26-41/h1-35H. The van der Waals surface area contributed by atoms with Gasteiger partial charge in [-0.05, 0) is 61.2 Å². The molecule has 0 bridgehead atoms. The Bertz CT molecular complexity index is 2870. The molecule has 4 heteroatoms. The zero-order chi connectivity index (χ0) is 36.6. The Labute approximate surface area is 321 Å². The molecule has 3 aromatic heterocycles. The summed E-state index contributed by atoms with van der Waals surface area (Å²) >= 11 is 0. The molecular formula is C51H35N3Si. The van der Waals surface area contributed by atoms with Gasteiger partial charge in [-0.2, -0.15) is 0 Å². The molecule has 258 valence electrons. The van der Waals surface area contributed by atoms with Crippen LogP contribution in [0.2, 0.25) is 0 Å². The van der Waals surface area contributed by atoms with Crippen LogP contribution >= 0.6 is 0 Å². The minimum absolute atomic E-state index is 0.870. The van der Waals surface area contributed by atoms with Crippen molar-refractivity contribution in [3.8, 4) is 33.5 Å². The lowest BCUT2D eigenvalue weighted by Crippen LogP contribution is -2.74. The van der Waals surface area contributed by atoms with Crippen molar-refractivity contribution in [1.82, 2.24) is 15.0 Å².